The monoisotopic (exact) mass is 381 g/mol. The highest BCUT2D eigenvalue weighted by Gasteiger charge is 2.30. The number of hydrogen-bond donors (Lipinski definition) is 0. The van der Waals surface area contributed by atoms with Crippen molar-refractivity contribution in [3.8, 4) is 0 Å². The van der Waals surface area contributed by atoms with Crippen LogP contribution in [0.15, 0.2) is 0 Å². The van der Waals surface area contributed by atoms with Crippen molar-refractivity contribution < 1.29 is 14.3 Å². The first kappa shape index (κ1) is 19.1. The summed E-state index contributed by atoms with van der Waals surface area (Å²) in [5.74, 6) is -0.0430. The number of amides is 2. The van der Waals surface area contributed by atoms with Crippen LogP contribution in [0.4, 0.5) is 4.79 Å². The van der Waals surface area contributed by atoms with Gasteiger partial charge >= 0.3 is 6.09 Å². The Morgan fingerprint density at radius 3 is 2.19 bits per heavy atom. The number of aromatic nitrogens is 1. The molecule has 0 aromatic carbocycles. The number of piperazine rings is 1. The van der Waals surface area contributed by atoms with Gasteiger partial charge < -0.3 is 14.5 Å². The second-order valence-corrected chi connectivity index (χ2v) is 8.86. The number of rotatable bonds is 1. The van der Waals surface area contributed by atoms with Gasteiger partial charge in [0.05, 0.1) is 12.2 Å². The van der Waals surface area contributed by atoms with Crippen molar-refractivity contribution >= 4 is 23.3 Å². The highest BCUT2D eigenvalue weighted by Crippen LogP contribution is 2.27. The van der Waals surface area contributed by atoms with E-state index in [9.17, 15) is 9.59 Å². The normalized spacial score (nSPS) is 19.4. The molecule has 8 nitrogen and oxygen atoms in total. The van der Waals surface area contributed by atoms with Crippen LogP contribution >= 0.6 is 11.3 Å². The van der Waals surface area contributed by atoms with Crippen LogP contribution in [0.2, 0.25) is 0 Å². The minimum Gasteiger partial charge on any atom is -0.444 e. The molecule has 9 heteroatoms. The third-order valence-electron chi connectivity index (χ3n) is 4.51. The van der Waals surface area contributed by atoms with Gasteiger partial charge in [-0.1, -0.05) is 0 Å². The second kappa shape index (κ2) is 7.13. The first-order chi connectivity index (χ1) is 12.1. The largest absolute Gasteiger partial charge is 0.444 e. The van der Waals surface area contributed by atoms with Gasteiger partial charge in [0.2, 0.25) is 0 Å². The Bertz CT molecular complexity index is 664. The molecule has 144 valence electrons. The Labute approximate surface area is 158 Å². The summed E-state index contributed by atoms with van der Waals surface area (Å²) in [4.78, 5) is 34.1. The standard InChI is InChI=1S/C17H27N5O3S/c1-17(2,3)25-16(24)22-8-6-21(7-9-22)15(23)14-18-12-10-19(4)20(5)11-13(12)26-14/h6-11H2,1-5H3. The Morgan fingerprint density at radius 2 is 1.58 bits per heavy atom. The molecule has 0 aliphatic carbocycles. The molecule has 1 aromatic rings. The predicted octanol–water partition coefficient (Wildman–Crippen LogP) is 1.63. The Morgan fingerprint density at radius 1 is 1.00 bits per heavy atom. The molecule has 1 fully saturated rings. The fourth-order valence-electron chi connectivity index (χ4n) is 2.94. The summed E-state index contributed by atoms with van der Waals surface area (Å²) in [5.41, 5.74) is 0.482. The topological polar surface area (TPSA) is 69.2 Å². The maximum Gasteiger partial charge on any atom is 0.410 e. The summed E-state index contributed by atoms with van der Waals surface area (Å²) >= 11 is 1.48. The van der Waals surface area contributed by atoms with Crippen LogP contribution in [0.25, 0.3) is 0 Å². The first-order valence-corrected chi connectivity index (χ1v) is 9.63. The van der Waals surface area contributed by atoms with Crippen LogP contribution in [-0.2, 0) is 17.8 Å². The lowest BCUT2D eigenvalue weighted by molar-refractivity contribution is -0.00173. The van der Waals surface area contributed by atoms with E-state index in [-0.39, 0.29) is 12.0 Å². The van der Waals surface area contributed by atoms with Gasteiger partial charge in [-0.25, -0.2) is 19.8 Å². The maximum absolute atomic E-state index is 12.8. The second-order valence-electron chi connectivity index (χ2n) is 7.78. The number of fused-ring (bicyclic) bond motifs is 1. The molecule has 0 N–H and O–H groups in total. The Balaban J connectivity index is 1.59. The molecule has 0 radical (unpaired) electrons. The van der Waals surface area contributed by atoms with Gasteiger partial charge in [-0.2, -0.15) is 0 Å². The van der Waals surface area contributed by atoms with Gasteiger partial charge in [-0.15, -0.1) is 11.3 Å². The molecule has 0 unspecified atom stereocenters. The van der Waals surface area contributed by atoms with E-state index in [1.165, 1.54) is 11.3 Å². The van der Waals surface area contributed by atoms with Crippen molar-refractivity contribution in [2.75, 3.05) is 40.3 Å². The zero-order valence-corrected chi connectivity index (χ0v) is 16.9. The number of nitrogens with zero attached hydrogens (tertiary/aromatic N) is 5. The number of thiazole rings is 1. The highest BCUT2D eigenvalue weighted by molar-refractivity contribution is 7.13. The molecule has 3 heterocycles. The molecule has 26 heavy (non-hydrogen) atoms. The Kier molecular flexibility index (Phi) is 5.23. The molecule has 0 atom stereocenters. The van der Waals surface area contributed by atoms with Crippen molar-refractivity contribution in [2.45, 2.75) is 39.5 Å². The lowest BCUT2D eigenvalue weighted by atomic mass is 10.2. The van der Waals surface area contributed by atoms with E-state index in [4.69, 9.17) is 4.74 Å². The maximum atomic E-state index is 12.8. The van der Waals surface area contributed by atoms with E-state index in [0.29, 0.717) is 31.2 Å². The summed E-state index contributed by atoms with van der Waals surface area (Å²) in [6.07, 6.45) is -0.319. The van der Waals surface area contributed by atoms with Crippen LogP contribution in [0.3, 0.4) is 0 Å². The summed E-state index contributed by atoms with van der Waals surface area (Å²) < 4.78 is 5.40. The van der Waals surface area contributed by atoms with Crippen molar-refractivity contribution in [2.24, 2.45) is 0 Å². The number of carbonyl (C=O) groups is 2. The van der Waals surface area contributed by atoms with E-state index < -0.39 is 5.60 Å². The van der Waals surface area contributed by atoms with E-state index in [1.54, 1.807) is 9.80 Å². The number of carbonyl (C=O) groups excluding carboxylic acids is 2. The zero-order chi connectivity index (χ0) is 19.1. The molecule has 1 saturated heterocycles. The van der Waals surface area contributed by atoms with Crippen molar-refractivity contribution in [3.63, 3.8) is 0 Å². The molecule has 0 bridgehead atoms. The quantitative estimate of drug-likeness (QED) is 0.736. The first-order valence-electron chi connectivity index (χ1n) is 8.82. The lowest BCUT2D eigenvalue weighted by Gasteiger charge is -2.35. The average Bonchev–Trinajstić information content (AvgIpc) is 2.96. The van der Waals surface area contributed by atoms with Crippen molar-refractivity contribution in [1.82, 2.24) is 24.8 Å². The molecular formula is C17H27N5O3S. The third kappa shape index (κ3) is 4.16. The molecule has 2 aliphatic rings. The van der Waals surface area contributed by atoms with Gasteiger partial charge in [0.15, 0.2) is 5.01 Å². The smallest absolute Gasteiger partial charge is 0.410 e. The average molecular weight is 382 g/mol. The van der Waals surface area contributed by atoms with Crippen LogP contribution in [-0.4, -0.2) is 82.7 Å². The third-order valence-corrected chi connectivity index (χ3v) is 5.58. The minimum absolute atomic E-state index is 0.0430. The summed E-state index contributed by atoms with van der Waals surface area (Å²) in [5, 5.41) is 4.76. The summed E-state index contributed by atoms with van der Waals surface area (Å²) in [7, 11) is 4.04. The van der Waals surface area contributed by atoms with Crippen LogP contribution < -0.4 is 0 Å². The molecule has 2 aliphatic heterocycles. The van der Waals surface area contributed by atoms with Gasteiger partial charge in [-0.3, -0.25) is 4.79 Å². The number of ether oxygens (including phenoxy) is 1. The Hall–Kier alpha value is -1.71. The fourth-order valence-corrected chi connectivity index (χ4v) is 4.03. The van der Waals surface area contributed by atoms with E-state index in [0.717, 1.165) is 23.7 Å². The number of hydrogen-bond acceptors (Lipinski definition) is 7. The lowest BCUT2D eigenvalue weighted by Crippen LogP contribution is -2.51. The van der Waals surface area contributed by atoms with E-state index in [1.807, 2.05) is 34.9 Å². The van der Waals surface area contributed by atoms with Crippen molar-refractivity contribution in [3.05, 3.63) is 15.6 Å². The molecule has 0 saturated carbocycles. The van der Waals surface area contributed by atoms with E-state index >= 15 is 0 Å². The molecule has 0 spiro atoms. The SMILES string of the molecule is CN1Cc2nc(C(=O)N3CCN(C(=O)OC(C)(C)C)CC3)sc2CN1C. The van der Waals surface area contributed by atoms with Crippen LogP contribution in [0.5, 0.6) is 0 Å². The van der Waals surface area contributed by atoms with Gasteiger partial charge in [0, 0.05) is 51.7 Å². The summed E-state index contributed by atoms with van der Waals surface area (Å²) in [6, 6.07) is 0. The van der Waals surface area contributed by atoms with Crippen LogP contribution in [0, 0.1) is 0 Å². The predicted molar refractivity (Wildman–Crippen MR) is 98.8 cm³/mol. The number of hydrazine groups is 1. The fraction of sp³-hybridized carbons (Fsp3) is 0.706. The van der Waals surface area contributed by atoms with Crippen molar-refractivity contribution in [1.29, 1.82) is 0 Å². The van der Waals surface area contributed by atoms with Gasteiger partial charge in [0.1, 0.15) is 5.60 Å². The minimum atomic E-state index is -0.510. The molecule has 2 amide bonds. The summed E-state index contributed by atoms with van der Waals surface area (Å²) in [6.45, 7) is 9.03. The van der Waals surface area contributed by atoms with Crippen LogP contribution in [0.1, 0.15) is 41.1 Å². The molecule has 3 rings (SSSR count). The van der Waals surface area contributed by atoms with E-state index in [2.05, 4.69) is 15.0 Å². The molecule has 1 aromatic heterocycles. The van der Waals surface area contributed by atoms with Gasteiger partial charge in [0.25, 0.3) is 5.91 Å². The zero-order valence-electron chi connectivity index (χ0n) is 16.1. The molecular weight excluding hydrogens is 354 g/mol. The highest BCUT2D eigenvalue weighted by atomic mass is 32.1. The van der Waals surface area contributed by atoms with Gasteiger partial charge in [-0.05, 0) is 20.8 Å².